The number of rotatable bonds is 8. The number of amides is 2. The summed E-state index contributed by atoms with van der Waals surface area (Å²) in [6.07, 6.45) is 8.88. The second-order valence-corrected chi connectivity index (χ2v) is 22.7. The number of aromatic nitrogens is 8. The second kappa shape index (κ2) is 23.5. The number of hydrogen-bond donors (Lipinski definition) is 4. The summed E-state index contributed by atoms with van der Waals surface area (Å²) in [7, 11) is 0. The van der Waals surface area contributed by atoms with Gasteiger partial charge >= 0.3 is 12.2 Å². The fourth-order valence-electron chi connectivity index (χ4n) is 10.1. The van der Waals surface area contributed by atoms with Crippen molar-refractivity contribution in [3.63, 3.8) is 0 Å². The maximum atomic E-state index is 12.7. The third-order valence-corrected chi connectivity index (χ3v) is 14.3. The van der Waals surface area contributed by atoms with E-state index in [1.165, 1.54) is 0 Å². The highest BCUT2D eigenvalue weighted by Gasteiger charge is 2.34. The minimum Gasteiger partial charge on any atom is -0.444 e. The van der Waals surface area contributed by atoms with Crippen LogP contribution in [0.2, 0.25) is 0 Å². The van der Waals surface area contributed by atoms with Crippen LogP contribution in [0, 0.1) is 53.4 Å². The van der Waals surface area contributed by atoms with Gasteiger partial charge in [0.25, 0.3) is 0 Å². The summed E-state index contributed by atoms with van der Waals surface area (Å²) in [5, 5.41) is 17.3. The highest BCUT2D eigenvalue weighted by Crippen LogP contribution is 2.37. The van der Waals surface area contributed by atoms with Gasteiger partial charge < -0.3 is 48.9 Å². The van der Waals surface area contributed by atoms with E-state index in [4.69, 9.17) is 28.5 Å². The van der Waals surface area contributed by atoms with Gasteiger partial charge in [-0.2, -0.15) is 27.0 Å². The van der Waals surface area contributed by atoms with Crippen molar-refractivity contribution in [2.24, 2.45) is 11.8 Å². The van der Waals surface area contributed by atoms with E-state index in [9.17, 15) is 9.59 Å². The van der Waals surface area contributed by atoms with Crippen LogP contribution in [-0.4, -0.2) is 112 Å². The lowest BCUT2D eigenvalue weighted by atomic mass is 9.94. The molecule has 0 saturated carbocycles. The van der Waals surface area contributed by atoms with Crippen LogP contribution in [-0.2, 0) is 9.47 Å². The number of ether oxygens (including phenoxy) is 2. The summed E-state index contributed by atoms with van der Waals surface area (Å²) in [5.74, 6) is 3.43. The van der Waals surface area contributed by atoms with Crippen molar-refractivity contribution in [2.75, 3.05) is 36.8 Å². The summed E-state index contributed by atoms with van der Waals surface area (Å²) < 4.78 is 21.9. The lowest BCUT2D eigenvalue weighted by Gasteiger charge is -2.38. The van der Waals surface area contributed by atoms with Crippen LogP contribution in [0.15, 0.2) is 70.2 Å². The smallest absolute Gasteiger partial charge is 0.410 e. The Hall–Kier alpha value is -7.06. The van der Waals surface area contributed by atoms with Gasteiger partial charge in [0.15, 0.2) is 0 Å². The number of aryl methyl sites for hydroxylation is 6. The van der Waals surface area contributed by atoms with E-state index in [0.29, 0.717) is 49.9 Å². The zero-order valence-electron chi connectivity index (χ0n) is 47.4. The zero-order chi connectivity index (χ0) is 54.4. The van der Waals surface area contributed by atoms with E-state index >= 15 is 0 Å². The number of aromatic amines is 2. The number of nitrogens with one attached hydrogen (secondary N) is 4. The predicted octanol–water partition coefficient (Wildman–Crippen LogP) is 12.8. The molecule has 2 saturated heterocycles. The van der Waals surface area contributed by atoms with Crippen molar-refractivity contribution < 1.29 is 28.1 Å². The number of hydrogen-bond acceptors (Lipinski definition) is 14. The van der Waals surface area contributed by atoms with Gasteiger partial charge in [-0.15, -0.1) is 0 Å². The van der Waals surface area contributed by atoms with Crippen LogP contribution in [0.5, 0.6) is 0 Å². The maximum absolute atomic E-state index is 12.7. The third-order valence-electron chi connectivity index (χ3n) is 14.3. The SMILES string of the molecule is Cc1cnc(N[C@@H]2CN(C(=O)OC(C)(C)C)CC[C@@H]2C)nc1-c1c[nH]c2cc(-c3c(C)noc3C)ccc12.Cc1cnc(N[C@@H]2CN(C(=O)OC(C)(C)C)CC[C@@H]2C)nc1-c1c[nH]c2cc(-c3c(C)noc3C)ccc12.S.S. The molecular weight excluding hydrogens is 1020 g/mol. The number of nitrogens with zero attached hydrogens (tertiary/aromatic N) is 8. The summed E-state index contributed by atoms with van der Waals surface area (Å²) in [6.45, 7) is 29.9. The number of anilines is 2. The Bertz CT molecular complexity index is 3160. The van der Waals surface area contributed by atoms with Gasteiger partial charge in [-0.3, -0.25) is 0 Å². The van der Waals surface area contributed by atoms with Crippen LogP contribution < -0.4 is 10.6 Å². The van der Waals surface area contributed by atoms with Crippen LogP contribution in [0.1, 0.15) is 102 Å². The molecule has 2 fully saturated rings. The Morgan fingerprint density at radius 3 is 1.35 bits per heavy atom. The maximum Gasteiger partial charge on any atom is 0.410 e. The largest absolute Gasteiger partial charge is 0.444 e. The molecule has 2 amide bonds. The Kier molecular flexibility index (Phi) is 17.7. The molecule has 78 heavy (non-hydrogen) atoms. The number of H-pyrrole nitrogens is 2. The Morgan fingerprint density at radius 2 is 1.00 bits per heavy atom. The van der Waals surface area contributed by atoms with Gasteiger partial charge in [-0.05, 0) is 142 Å². The molecule has 10 rings (SSSR count). The van der Waals surface area contributed by atoms with E-state index in [1.54, 1.807) is 9.80 Å². The highest BCUT2D eigenvalue weighted by molar-refractivity contribution is 7.59. The number of benzene rings is 2. The van der Waals surface area contributed by atoms with E-state index < -0.39 is 11.2 Å². The Balaban J connectivity index is 0.000000220. The third kappa shape index (κ3) is 12.9. The van der Waals surface area contributed by atoms with E-state index in [1.807, 2.05) is 108 Å². The fourth-order valence-corrected chi connectivity index (χ4v) is 10.1. The number of fused-ring (bicyclic) bond motifs is 2. The van der Waals surface area contributed by atoms with Gasteiger partial charge in [0.2, 0.25) is 11.9 Å². The molecule has 4 atom stereocenters. The molecule has 18 nitrogen and oxygen atoms in total. The average molecular weight is 1100 g/mol. The molecular formula is C58H76N12O6S2. The Labute approximate surface area is 470 Å². The summed E-state index contributed by atoms with van der Waals surface area (Å²) in [5.41, 5.74) is 12.6. The van der Waals surface area contributed by atoms with Gasteiger partial charge in [0.05, 0.1) is 22.8 Å². The quantitative estimate of drug-likeness (QED) is 0.111. The van der Waals surface area contributed by atoms with Crippen LogP contribution in [0.4, 0.5) is 21.5 Å². The average Bonchev–Trinajstić information content (AvgIpc) is 4.19. The van der Waals surface area contributed by atoms with Gasteiger partial charge in [-0.25, -0.2) is 29.5 Å². The monoisotopic (exact) mass is 1100 g/mol. The number of piperidine rings is 2. The number of carbonyl (C=O) groups excluding carboxylic acids is 2. The van der Waals surface area contributed by atoms with E-state index in [0.717, 1.165) is 113 Å². The first-order valence-electron chi connectivity index (χ1n) is 26.3. The molecule has 0 bridgehead atoms. The molecule has 2 aliphatic rings. The molecule has 8 heterocycles. The van der Waals surface area contributed by atoms with E-state index in [-0.39, 0.29) is 51.3 Å². The molecule has 0 unspecified atom stereocenters. The van der Waals surface area contributed by atoms with Gasteiger partial charge in [-0.1, -0.05) is 48.4 Å². The topological polar surface area (TPSA) is 218 Å². The first-order chi connectivity index (χ1) is 36.0. The standard InChI is InChI=1S/2C29H36N6O3.2H2S/c2*1-16-10-11-35(28(36)37-29(5,6)7)15-24(16)32-27-31-13-17(2)26(33-27)22-14-30-23-12-20(8-9-21(22)23)25-18(3)34-38-19(25)4;;/h2*8-9,12-14,16,24,30H,10-11,15H2,1-7H3,(H,31,32,33);2*1H2/t2*16-,24+;;/m00../s1. The highest BCUT2D eigenvalue weighted by atomic mass is 32.1. The molecule has 2 aliphatic heterocycles. The molecule has 2 aromatic carbocycles. The van der Waals surface area contributed by atoms with Crippen molar-refractivity contribution in [1.82, 2.24) is 50.0 Å². The molecule has 20 heteroatoms. The van der Waals surface area contributed by atoms with Crippen LogP contribution >= 0.6 is 27.0 Å². The first kappa shape index (κ1) is 58.6. The van der Waals surface area contributed by atoms with Crippen molar-refractivity contribution in [2.45, 2.75) is 133 Å². The summed E-state index contributed by atoms with van der Waals surface area (Å²) in [6, 6.07) is 12.7. The molecule has 0 spiro atoms. The zero-order valence-corrected chi connectivity index (χ0v) is 49.4. The molecule has 0 aliphatic carbocycles. The van der Waals surface area contributed by atoms with Gasteiger partial charge in [0, 0.05) is 107 Å². The lowest BCUT2D eigenvalue weighted by molar-refractivity contribution is 0.0166. The molecule has 416 valence electrons. The fraction of sp³-hybridized carbons (Fsp3) is 0.448. The van der Waals surface area contributed by atoms with Crippen LogP contribution in [0.3, 0.4) is 0 Å². The first-order valence-corrected chi connectivity index (χ1v) is 26.3. The second-order valence-electron chi connectivity index (χ2n) is 22.7. The van der Waals surface area contributed by atoms with Gasteiger partial charge in [0.1, 0.15) is 22.7 Å². The van der Waals surface area contributed by atoms with Crippen molar-refractivity contribution in [3.05, 3.63) is 95.2 Å². The normalized spacial score (nSPS) is 17.7. The summed E-state index contributed by atoms with van der Waals surface area (Å²) >= 11 is 0. The minimum absolute atomic E-state index is 0. The van der Waals surface area contributed by atoms with Crippen molar-refractivity contribution in [3.8, 4) is 44.8 Å². The number of likely N-dealkylation sites (tertiary alicyclic amines) is 2. The van der Waals surface area contributed by atoms with Crippen molar-refractivity contribution >= 4 is 72.9 Å². The predicted molar refractivity (Wildman–Crippen MR) is 317 cm³/mol. The van der Waals surface area contributed by atoms with E-state index in [2.05, 4.69) is 91.1 Å². The molecule has 4 N–H and O–H groups in total. The summed E-state index contributed by atoms with van der Waals surface area (Å²) in [4.78, 5) is 54.7. The van der Waals surface area contributed by atoms with Crippen molar-refractivity contribution in [1.29, 1.82) is 0 Å². The van der Waals surface area contributed by atoms with Crippen LogP contribution in [0.25, 0.3) is 66.6 Å². The lowest BCUT2D eigenvalue weighted by Crippen LogP contribution is -2.50. The minimum atomic E-state index is -0.523. The number of carbonyl (C=O) groups is 2. The Morgan fingerprint density at radius 1 is 0.615 bits per heavy atom. The molecule has 0 radical (unpaired) electrons. The molecule has 8 aromatic rings. The molecule has 6 aromatic heterocycles.